The van der Waals surface area contributed by atoms with Crippen molar-refractivity contribution in [1.29, 1.82) is 0 Å². The minimum Gasteiger partial charge on any atom is -0.481 e. The first-order chi connectivity index (χ1) is 16.1. The topological polar surface area (TPSA) is 107 Å². The maximum Gasteiger partial charge on any atom is 0.308 e. The number of aliphatic carboxylic acids is 1. The fraction of sp³-hybridized carbons (Fsp3) is 0.304. The van der Waals surface area contributed by atoms with Gasteiger partial charge in [0.2, 0.25) is 0 Å². The molecule has 34 heavy (non-hydrogen) atoms. The predicted molar refractivity (Wildman–Crippen MR) is 128 cm³/mol. The molecule has 178 valence electrons. The van der Waals surface area contributed by atoms with Gasteiger partial charge in [0.05, 0.1) is 12.1 Å². The molecule has 0 aromatic carbocycles. The molecule has 4 aromatic heterocycles. The van der Waals surface area contributed by atoms with Crippen LogP contribution >= 0.6 is 11.3 Å². The van der Waals surface area contributed by atoms with Crippen molar-refractivity contribution in [1.82, 2.24) is 24.8 Å². The summed E-state index contributed by atoms with van der Waals surface area (Å²) in [6, 6.07) is 2.56. The smallest absolute Gasteiger partial charge is 0.308 e. The van der Waals surface area contributed by atoms with Crippen LogP contribution in [0.2, 0.25) is 0 Å². The number of anilines is 1. The second kappa shape index (κ2) is 9.43. The van der Waals surface area contributed by atoms with Crippen LogP contribution in [0.5, 0.6) is 0 Å². The van der Waals surface area contributed by atoms with Crippen LogP contribution in [-0.4, -0.2) is 56.0 Å². The number of H-pyrrole nitrogens is 1. The van der Waals surface area contributed by atoms with Crippen molar-refractivity contribution >= 4 is 34.2 Å². The Morgan fingerprint density at radius 3 is 2.74 bits per heavy atom. The highest BCUT2D eigenvalue weighted by Gasteiger charge is 2.25. The van der Waals surface area contributed by atoms with E-state index in [0.717, 1.165) is 11.1 Å². The standard InChI is InChI=1S/C23H24F2N6O2S/c1-11(23(32)33)12(2)28-22-18(25)19(13-5-15(34-10-13)9-31(3)4)29-21(30-22)17-8-27-20-16(17)6-14(24)7-26-20/h5-8,10-12H,9H2,1-4H3,(H,26,27)(H,32,33)(H,28,29,30)/t11-,12-/m0/s1. The lowest BCUT2D eigenvalue weighted by molar-refractivity contribution is -0.141. The number of aromatic amines is 1. The van der Waals surface area contributed by atoms with Gasteiger partial charge < -0.3 is 20.3 Å². The number of rotatable bonds is 8. The fourth-order valence-electron chi connectivity index (χ4n) is 3.47. The molecule has 0 radical (unpaired) electrons. The van der Waals surface area contributed by atoms with Crippen molar-refractivity contribution in [3.8, 4) is 22.6 Å². The van der Waals surface area contributed by atoms with Gasteiger partial charge in [-0.25, -0.2) is 23.7 Å². The van der Waals surface area contributed by atoms with E-state index in [4.69, 9.17) is 0 Å². The molecule has 0 saturated carbocycles. The molecule has 3 N–H and O–H groups in total. The van der Waals surface area contributed by atoms with Crippen LogP contribution in [0, 0.1) is 17.6 Å². The van der Waals surface area contributed by atoms with E-state index >= 15 is 4.39 Å². The first-order valence-electron chi connectivity index (χ1n) is 10.6. The Labute approximate surface area is 198 Å². The largest absolute Gasteiger partial charge is 0.481 e. The highest BCUT2D eigenvalue weighted by Crippen LogP contribution is 2.34. The van der Waals surface area contributed by atoms with E-state index in [1.54, 1.807) is 13.1 Å². The number of thiophene rings is 1. The molecule has 4 rings (SSSR count). The second-order valence-electron chi connectivity index (χ2n) is 8.41. The van der Waals surface area contributed by atoms with E-state index in [2.05, 4.69) is 25.3 Å². The Hall–Kier alpha value is -3.44. The summed E-state index contributed by atoms with van der Waals surface area (Å²) in [6.45, 7) is 3.86. The van der Waals surface area contributed by atoms with E-state index in [1.165, 1.54) is 24.3 Å². The van der Waals surface area contributed by atoms with E-state index in [0.29, 0.717) is 28.7 Å². The van der Waals surface area contributed by atoms with E-state index < -0.39 is 29.6 Å². The molecule has 0 aliphatic carbocycles. The van der Waals surface area contributed by atoms with Gasteiger partial charge in [-0.3, -0.25) is 4.79 Å². The quantitative estimate of drug-likeness (QED) is 0.334. The maximum absolute atomic E-state index is 15.6. The van der Waals surface area contributed by atoms with Crippen LogP contribution in [0.3, 0.4) is 0 Å². The highest BCUT2D eigenvalue weighted by atomic mass is 32.1. The zero-order chi connectivity index (χ0) is 24.6. The Morgan fingerprint density at radius 1 is 1.26 bits per heavy atom. The number of carboxylic acids is 1. The zero-order valence-corrected chi connectivity index (χ0v) is 19.9. The molecule has 2 atom stereocenters. The number of nitrogens with one attached hydrogen (secondary N) is 2. The lowest BCUT2D eigenvalue weighted by Gasteiger charge is -2.19. The highest BCUT2D eigenvalue weighted by molar-refractivity contribution is 7.10. The van der Waals surface area contributed by atoms with Crippen LogP contribution in [0.25, 0.3) is 33.7 Å². The number of fused-ring (bicyclic) bond motifs is 1. The third-order valence-electron chi connectivity index (χ3n) is 5.49. The van der Waals surface area contributed by atoms with Crippen molar-refractivity contribution in [2.45, 2.75) is 26.4 Å². The van der Waals surface area contributed by atoms with Crippen LogP contribution in [0.4, 0.5) is 14.6 Å². The number of carboxylic acid groups (broad SMARTS) is 1. The average molecular weight is 487 g/mol. The number of carbonyl (C=O) groups is 1. The van der Waals surface area contributed by atoms with Crippen LogP contribution in [0.1, 0.15) is 18.7 Å². The number of pyridine rings is 1. The van der Waals surface area contributed by atoms with E-state index in [9.17, 15) is 14.3 Å². The van der Waals surface area contributed by atoms with E-state index in [1.807, 2.05) is 30.4 Å². The van der Waals surface area contributed by atoms with Gasteiger partial charge in [0.15, 0.2) is 17.5 Å². The minimum absolute atomic E-state index is 0.0719. The second-order valence-corrected chi connectivity index (χ2v) is 9.41. The van der Waals surface area contributed by atoms with Crippen LogP contribution in [0.15, 0.2) is 29.9 Å². The summed E-state index contributed by atoms with van der Waals surface area (Å²) >= 11 is 1.49. The van der Waals surface area contributed by atoms with Gasteiger partial charge in [0.25, 0.3) is 0 Å². The molecule has 8 nitrogen and oxygen atoms in total. The Balaban J connectivity index is 1.85. The molecule has 0 aliphatic heterocycles. The Morgan fingerprint density at radius 2 is 2.03 bits per heavy atom. The van der Waals surface area contributed by atoms with Gasteiger partial charge in [0.1, 0.15) is 17.2 Å². The molecule has 0 saturated heterocycles. The minimum atomic E-state index is -1.01. The normalized spacial score (nSPS) is 13.4. The molecule has 4 aromatic rings. The molecule has 0 spiro atoms. The molecule has 4 heterocycles. The summed E-state index contributed by atoms with van der Waals surface area (Å²) in [7, 11) is 3.89. The summed E-state index contributed by atoms with van der Waals surface area (Å²) in [4.78, 5) is 30.3. The maximum atomic E-state index is 15.6. The van der Waals surface area contributed by atoms with Gasteiger partial charge in [-0.15, -0.1) is 11.3 Å². The summed E-state index contributed by atoms with van der Waals surface area (Å²) < 4.78 is 29.5. The van der Waals surface area contributed by atoms with Crippen molar-refractivity contribution in [3.05, 3.63) is 46.4 Å². The first kappa shape index (κ1) is 23.7. The number of halogens is 2. The third kappa shape index (κ3) is 4.75. The average Bonchev–Trinajstić information content (AvgIpc) is 3.40. The number of hydrogen-bond donors (Lipinski definition) is 3. The Bertz CT molecular complexity index is 1350. The number of aromatic nitrogens is 4. The van der Waals surface area contributed by atoms with Crippen LogP contribution in [-0.2, 0) is 11.3 Å². The van der Waals surface area contributed by atoms with Crippen molar-refractivity contribution in [3.63, 3.8) is 0 Å². The Kier molecular flexibility index (Phi) is 6.58. The lowest BCUT2D eigenvalue weighted by Crippen LogP contribution is -2.30. The molecular weight excluding hydrogens is 462 g/mol. The molecule has 0 fully saturated rings. The monoisotopic (exact) mass is 486 g/mol. The van der Waals surface area contributed by atoms with Gasteiger partial charge >= 0.3 is 5.97 Å². The van der Waals surface area contributed by atoms with Crippen molar-refractivity contribution in [2.24, 2.45) is 5.92 Å². The first-order valence-corrected chi connectivity index (χ1v) is 11.4. The van der Waals surface area contributed by atoms with Gasteiger partial charge in [-0.2, -0.15) is 0 Å². The molecule has 0 amide bonds. The number of nitrogens with zero attached hydrogens (tertiary/aromatic N) is 4. The zero-order valence-electron chi connectivity index (χ0n) is 19.1. The summed E-state index contributed by atoms with van der Waals surface area (Å²) in [5, 5.41) is 14.5. The molecule has 0 unspecified atom stereocenters. The van der Waals surface area contributed by atoms with Crippen LogP contribution < -0.4 is 5.32 Å². The van der Waals surface area contributed by atoms with E-state index in [-0.39, 0.29) is 17.3 Å². The summed E-state index contributed by atoms with van der Waals surface area (Å²) in [6.07, 6.45) is 2.69. The lowest BCUT2D eigenvalue weighted by atomic mass is 10.0. The van der Waals surface area contributed by atoms with Gasteiger partial charge in [-0.05, 0) is 40.1 Å². The molecule has 0 bridgehead atoms. The summed E-state index contributed by atoms with van der Waals surface area (Å²) in [5.74, 6) is -2.98. The SMILES string of the molecule is C[C@H](Nc1nc(-c2c[nH]c3ncc(F)cc23)nc(-c2csc(CN(C)C)c2)c1F)[C@H](C)C(=O)O. The van der Waals surface area contributed by atoms with Gasteiger partial charge in [-0.1, -0.05) is 0 Å². The van der Waals surface area contributed by atoms with Gasteiger partial charge in [0, 0.05) is 45.6 Å². The predicted octanol–water partition coefficient (Wildman–Crippen LogP) is 4.61. The number of hydrogen-bond acceptors (Lipinski definition) is 7. The third-order valence-corrected chi connectivity index (χ3v) is 6.41. The molecule has 0 aliphatic rings. The van der Waals surface area contributed by atoms with Crippen molar-refractivity contribution in [2.75, 3.05) is 19.4 Å². The summed E-state index contributed by atoms with van der Waals surface area (Å²) in [5.41, 5.74) is 1.54. The molecular formula is C23H24F2N6O2S. The van der Waals surface area contributed by atoms with Crippen molar-refractivity contribution < 1.29 is 18.7 Å². The fourth-order valence-corrected chi connectivity index (χ4v) is 4.46. The molecule has 11 heteroatoms.